The first-order chi connectivity index (χ1) is 8.56. The second-order valence-electron chi connectivity index (χ2n) is 4.00. The van der Waals surface area contributed by atoms with E-state index in [4.69, 9.17) is 4.74 Å². The zero-order chi connectivity index (χ0) is 13.5. The summed E-state index contributed by atoms with van der Waals surface area (Å²) in [5.41, 5.74) is 0.515. The van der Waals surface area contributed by atoms with Crippen molar-refractivity contribution in [1.29, 1.82) is 0 Å². The first kappa shape index (κ1) is 14.4. The molecule has 0 saturated heterocycles. The van der Waals surface area contributed by atoms with Crippen LogP contribution in [0.15, 0.2) is 12.1 Å². The zero-order valence-electron chi connectivity index (χ0n) is 10.5. The van der Waals surface area contributed by atoms with Crippen LogP contribution in [0, 0.1) is 22.9 Å². The summed E-state index contributed by atoms with van der Waals surface area (Å²) >= 11 is 0. The topological polar surface area (TPSA) is 64.4 Å². The van der Waals surface area contributed by atoms with Gasteiger partial charge in [-0.15, -0.1) is 0 Å². The summed E-state index contributed by atoms with van der Waals surface area (Å²) < 4.78 is 18.2. The van der Waals surface area contributed by atoms with E-state index in [1.807, 2.05) is 0 Å². The van der Waals surface area contributed by atoms with E-state index in [0.29, 0.717) is 24.4 Å². The number of rotatable bonds is 7. The molecular weight excluding hydrogens is 239 g/mol. The quantitative estimate of drug-likeness (QED) is 0.463. The van der Waals surface area contributed by atoms with Crippen molar-refractivity contribution < 1.29 is 14.1 Å². The van der Waals surface area contributed by atoms with Crippen LogP contribution in [0.1, 0.15) is 18.4 Å². The first-order valence-corrected chi connectivity index (χ1v) is 5.73. The molecule has 0 bridgehead atoms. The summed E-state index contributed by atoms with van der Waals surface area (Å²) in [6, 6.07) is 2.41. The number of nitro benzene ring substituents is 1. The van der Waals surface area contributed by atoms with Crippen LogP contribution in [0.2, 0.25) is 0 Å². The van der Waals surface area contributed by atoms with Crippen LogP contribution >= 0.6 is 0 Å². The minimum Gasteiger partial charge on any atom is -0.385 e. The van der Waals surface area contributed by atoms with Crippen molar-refractivity contribution in [2.75, 3.05) is 25.6 Å². The Kier molecular flexibility index (Phi) is 5.51. The average Bonchev–Trinajstić information content (AvgIpc) is 2.32. The zero-order valence-corrected chi connectivity index (χ0v) is 10.5. The van der Waals surface area contributed by atoms with Crippen molar-refractivity contribution >= 4 is 11.4 Å². The molecule has 0 spiro atoms. The number of unbranched alkanes of at least 4 members (excludes halogenated alkanes) is 1. The van der Waals surface area contributed by atoms with E-state index in [1.165, 1.54) is 6.07 Å². The highest BCUT2D eigenvalue weighted by Gasteiger charge is 2.16. The third-order valence-corrected chi connectivity index (χ3v) is 2.56. The van der Waals surface area contributed by atoms with E-state index in [9.17, 15) is 14.5 Å². The van der Waals surface area contributed by atoms with Gasteiger partial charge >= 0.3 is 0 Å². The first-order valence-electron chi connectivity index (χ1n) is 5.73. The van der Waals surface area contributed by atoms with Gasteiger partial charge < -0.3 is 10.1 Å². The minimum atomic E-state index is -0.583. The molecular formula is C12H17FN2O3. The molecule has 0 aromatic heterocycles. The summed E-state index contributed by atoms with van der Waals surface area (Å²) in [7, 11) is 1.63. The van der Waals surface area contributed by atoms with E-state index in [2.05, 4.69) is 5.32 Å². The molecule has 0 amide bonds. The lowest BCUT2D eigenvalue weighted by atomic mass is 10.1. The van der Waals surface area contributed by atoms with Gasteiger partial charge in [-0.1, -0.05) is 0 Å². The maximum absolute atomic E-state index is 13.3. The number of benzene rings is 1. The van der Waals surface area contributed by atoms with Gasteiger partial charge in [-0.2, -0.15) is 0 Å². The monoisotopic (exact) mass is 256 g/mol. The smallest absolute Gasteiger partial charge is 0.295 e. The molecule has 5 nitrogen and oxygen atoms in total. The van der Waals surface area contributed by atoms with Crippen molar-refractivity contribution in [2.24, 2.45) is 0 Å². The maximum Gasteiger partial charge on any atom is 0.295 e. The van der Waals surface area contributed by atoms with Crippen molar-refractivity contribution in [3.63, 3.8) is 0 Å². The van der Waals surface area contributed by atoms with Crippen LogP contribution in [-0.4, -0.2) is 25.2 Å². The molecule has 0 aliphatic heterocycles. The molecule has 1 N–H and O–H groups in total. The van der Waals surface area contributed by atoms with E-state index >= 15 is 0 Å². The van der Waals surface area contributed by atoms with Crippen LogP contribution in [0.25, 0.3) is 0 Å². The molecule has 0 atom stereocenters. The van der Waals surface area contributed by atoms with Crippen LogP contribution in [0.4, 0.5) is 15.8 Å². The highest BCUT2D eigenvalue weighted by Crippen LogP contribution is 2.27. The van der Waals surface area contributed by atoms with Crippen molar-refractivity contribution in [3.05, 3.63) is 33.6 Å². The van der Waals surface area contributed by atoms with Crippen LogP contribution in [0.3, 0.4) is 0 Å². The number of halogens is 1. The Morgan fingerprint density at radius 3 is 2.78 bits per heavy atom. The SMILES string of the molecule is COCCCCNc1cc(C)c(F)cc1[N+](=O)[O-]. The van der Waals surface area contributed by atoms with Gasteiger partial charge in [-0.3, -0.25) is 10.1 Å². The number of nitrogens with zero attached hydrogens (tertiary/aromatic N) is 1. The highest BCUT2D eigenvalue weighted by molar-refractivity contribution is 5.63. The number of aryl methyl sites for hydroxylation is 1. The molecule has 1 aromatic rings. The van der Waals surface area contributed by atoms with Gasteiger partial charge in [0.25, 0.3) is 5.69 Å². The predicted molar refractivity (Wildman–Crippen MR) is 67.4 cm³/mol. The average molecular weight is 256 g/mol. The summed E-state index contributed by atoms with van der Waals surface area (Å²) in [6.07, 6.45) is 1.71. The number of anilines is 1. The molecule has 1 aromatic carbocycles. The van der Waals surface area contributed by atoms with Crippen LogP contribution < -0.4 is 5.32 Å². The lowest BCUT2D eigenvalue weighted by Gasteiger charge is -2.08. The maximum atomic E-state index is 13.3. The predicted octanol–water partition coefficient (Wildman–Crippen LogP) is 2.88. The summed E-state index contributed by atoms with van der Waals surface area (Å²) in [6.45, 7) is 2.83. The number of hydrogen-bond donors (Lipinski definition) is 1. The number of nitro groups is 1. The molecule has 0 aliphatic rings. The van der Waals surface area contributed by atoms with Gasteiger partial charge in [0.1, 0.15) is 11.5 Å². The fourth-order valence-corrected chi connectivity index (χ4v) is 1.56. The Hall–Kier alpha value is -1.69. The molecule has 100 valence electrons. The van der Waals surface area contributed by atoms with Crippen LogP contribution in [0.5, 0.6) is 0 Å². The molecule has 6 heteroatoms. The highest BCUT2D eigenvalue weighted by atomic mass is 19.1. The summed E-state index contributed by atoms with van der Waals surface area (Å²) in [4.78, 5) is 10.2. The number of nitrogens with one attached hydrogen (secondary N) is 1. The molecule has 0 unspecified atom stereocenters. The number of hydrogen-bond acceptors (Lipinski definition) is 4. The van der Waals surface area contributed by atoms with E-state index in [-0.39, 0.29) is 5.69 Å². The normalized spacial score (nSPS) is 10.4. The van der Waals surface area contributed by atoms with Gasteiger partial charge in [0.05, 0.1) is 11.0 Å². The van der Waals surface area contributed by atoms with Crippen molar-refractivity contribution in [3.8, 4) is 0 Å². The van der Waals surface area contributed by atoms with Gasteiger partial charge in [-0.05, 0) is 31.4 Å². The standard InChI is InChI=1S/C12H17FN2O3/c1-9-7-11(14-5-3-4-6-18-2)12(15(16)17)8-10(9)13/h7-8,14H,3-6H2,1-2H3. The van der Waals surface area contributed by atoms with E-state index in [1.54, 1.807) is 14.0 Å². The second-order valence-corrected chi connectivity index (χ2v) is 4.00. The lowest BCUT2D eigenvalue weighted by molar-refractivity contribution is -0.384. The van der Waals surface area contributed by atoms with Gasteiger partial charge in [0.2, 0.25) is 0 Å². The van der Waals surface area contributed by atoms with Crippen molar-refractivity contribution in [1.82, 2.24) is 0 Å². The molecule has 0 saturated carbocycles. The van der Waals surface area contributed by atoms with Crippen molar-refractivity contribution in [2.45, 2.75) is 19.8 Å². The third-order valence-electron chi connectivity index (χ3n) is 2.56. The third kappa shape index (κ3) is 3.96. The largest absolute Gasteiger partial charge is 0.385 e. The van der Waals surface area contributed by atoms with Crippen LogP contribution in [-0.2, 0) is 4.74 Å². The Labute approximate surface area is 105 Å². The summed E-state index contributed by atoms with van der Waals surface area (Å²) in [5.74, 6) is -0.563. The molecule has 18 heavy (non-hydrogen) atoms. The summed E-state index contributed by atoms with van der Waals surface area (Å²) in [5, 5.41) is 13.8. The fraction of sp³-hybridized carbons (Fsp3) is 0.500. The molecule has 0 aliphatic carbocycles. The van der Waals surface area contributed by atoms with Gasteiger partial charge in [-0.25, -0.2) is 4.39 Å². The molecule has 1 rings (SSSR count). The van der Waals surface area contributed by atoms with E-state index in [0.717, 1.165) is 18.9 Å². The van der Waals surface area contributed by atoms with E-state index < -0.39 is 10.7 Å². The molecule has 0 radical (unpaired) electrons. The minimum absolute atomic E-state index is 0.232. The molecule has 0 fully saturated rings. The van der Waals surface area contributed by atoms with Gasteiger partial charge in [0.15, 0.2) is 0 Å². The second kappa shape index (κ2) is 6.90. The Bertz CT molecular complexity index is 424. The fourth-order valence-electron chi connectivity index (χ4n) is 1.56. The number of ether oxygens (including phenoxy) is 1. The lowest BCUT2D eigenvalue weighted by Crippen LogP contribution is -2.06. The Morgan fingerprint density at radius 1 is 1.44 bits per heavy atom. The Morgan fingerprint density at radius 2 is 2.17 bits per heavy atom. The Balaban J connectivity index is 2.68. The van der Waals surface area contributed by atoms with Gasteiger partial charge in [0, 0.05) is 20.3 Å². The molecule has 0 heterocycles. The number of methoxy groups -OCH3 is 1.